The van der Waals surface area contributed by atoms with Gasteiger partial charge in [-0.15, -0.1) is 6.58 Å². The molecular formula is C26H29NO. The van der Waals surface area contributed by atoms with Crippen LogP contribution >= 0.6 is 0 Å². The molecule has 2 nitrogen and oxygen atoms in total. The topological polar surface area (TPSA) is 20.3 Å². The molecule has 4 rings (SSSR count). The Hall–Kier alpha value is -2.45. The average molecular weight is 372 g/mol. The monoisotopic (exact) mass is 371 g/mol. The van der Waals surface area contributed by atoms with Crippen LogP contribution in [0.3, 0.4) is 0 Å². The molecule has 3 atom stereocenters. The van der Waals surface area contributed by atoms with Crippen LogP contribution in [0.15, 0.2) is 79.4 Å². The number of carbonyl (C=O) groups excluding carboxylic acids is 1. The molecule has 0 N–H and O–H groups in total. The van der Waals surface area contributed by atoms with E-state index in [9.17, 15) is 4.79 Å². The van der Waals surface area contributed by atoms with Crippen LogP contribution in [0, 0.1) is 11.8 Å². The number of hydrogen-bond donors (Lipinski definition) is 0. The third kappa shape index (κ3) is 3.49. The Balaban J connectivity index is 1.65. The molecule has 0 aromatic heterocycles. The highest BCUT2D eigenvalue weighted by Gasteiger charge is 2.38. The minimum atomic E-state index is -0.0848. The Morgan fingerprint density at radius 3 is 2.36 bits per heavy atom. The molecule has 2 aliphatic rings. The van der Waals surface area contributed by atoms with E-state index in [4.69, 9.17) is 0 Å². The van der Waals surface area contributed by atoms with Gasteiger partial charge in [0, 0.05) is 17.4 Å². The predicted octanol–water partition coefficient (Wildman–Crippen LogP) is 5.63. The molecule has 28 heavy (non-hydrogen) atoms. The summed E-state index contributed by atoms with van der Waals surface area (Å²) >= 11 is 0. The Kier molecular flexibility index (Phi) is 5.59. The normalized spacial score (nSPS) is 21.7. The summed E-state index contributed by atoms with van der Waals surface area (Å²) in [5.41, 5.74) is 4.41. The fourth-order valence-electron chi connectivity index (χ4n) is 4.99. The van der Waals surface area contributed by atoms with Crippen molar-refractivity contribution in [2.24, 2.45) is 11.8 Å². The van der Waals surface area contributed by atoms with Crippen LogP contribution in [0.1, 0.15) is 46.8 Å². The number of rotatable bonds is 6. The van der Waals surface area contributed by atoms with E-state index in [1.807, 2.05) is 24.3 Å². The van der Waals surface area contributed by atoms with Gasteiger partial charge in [-0.2, -0.15) is 0 Å². The molecule has 3 unspecified atom stereocenters. The number of fused-ring (bicyclic) bond motifs is 1. The maximum atomic E-state index is 13.1. The van der Waals surface area contributed by atoms with Gasteiger partial charge in [0.25, 0.3) is 0 Å². The van der Waals surface area contributed by atoms with Gasteiger partial charge in [0.2, 0.25) is 0 Å². The number of carbonyl (C=O) groups is 1. The second-order valence-electron chi connectivity index (χ2n) is 8.08. The highest BCUT2D eigenvalue weighted by molar-refractivity contribution is 6.02. The van der Waals surface area contributed by atoms with Crippen LogP contribution in [0.4, 0.5) is 0 Å². The lowest BCUT2D eigenvalue weighted by molar-refractivity contribution is 0.0909. The molecule has 1 aliphatic carbocycles. The number of Topliss-reactive ketones (excluding diaryl/α,β-unsaturated/α-hetero) is 1. The lowest BCUT2D eigenvalue weighted by Gasteiger charge is -2.39. The first kappa shape index (κ1) is 18.9. The predicted molar refractivity (Wildman–Crippen MR) is 115 cm³/mol. The van der Waals surface area contributed by atoms with E-state index >= 15 is 0 Å². The molecule has 1 fully saturated rings. The largest absolute Gasteiger partial charge is 0.294 e. The Bertz CT molecular complexity index is 863. The molecular weight excluding hydrogens is 342 g/mol. The van der Waals surface area contributed by atoms with Gasteiger partial charge >= 0.3 is 0 Å². The van der Waals surface area contributed by atoms with Crippen molar-refractivity contribution >= 4 is 5.78 Å². The van der Waals surface area contributed by atoms with Gasteiger partial charge in [0.05, 0.1) is 6.04 Å². The lowest BCUT2D eigenvalue weighted by Crippen LogP contribution is -2.37. The van der Waals surface area contributed by atoms with Gasteiger partial charge in [-0.05, 0) is 49.1 Å². The van der Waals surface area contributed by atoms with Gasteiger partial charge in [-0.3, -0.25) is 9.69 Å². The molecule has 0 spiro atoms. The zero-order chi connectivity index (χ0) is 19.5. The first-order valence-electron chi connectivity index (χ1n) is 10.4. The van der Waals surface area contributed by atoms with Crippen LogP contribution in [0.5, 0.6) is 0 Å². The van der Waals surface area contributed by atoms with E-state index in [-0.39, 0.29) is 23.7 Å². The number of allylic oxidation sites excluding steroid dienone is 1. The minimum Gasteiger partial charge on any atom is -0.294 e. The molecule has 1 aliphatic heterocycles. The summed E-state index contributed by atoms with van der Waals surface area (Å²) in [7, 11) is 0. The van der Waals surface area contributed by atoms with Crippen LogP contribution in [-0.4, -0.2) is 23.8 Å². The van der Waals surface area contributed by atoms with Crippen molar-refractivity contribution < 1.29 is 4.79 Å². The van der Waals surface area contributed by atoms with Crippen molar-refractivity contribution in [1.82, 2.24) is 4.90 Å². The Morgan fingerprint density at radius 2 is 1.68 bits per heavy atom. The van der Waals surface area contributed by atoms with Crippen molar-refractivity contribution in [1.29, 1.82) is 0 Å². The minimum absolute atomic E-state index is 0.0213. The number of ketones is 1. The molecule has 144 valence electrons. The summed E-state index contributed by atoms with van der Waals surface area (Å²) in [5, 5.41) is 0. The summed E-state index contributed by atoms with van der Waals surface area (Å²) < 4.78 is 0. The van der Waals surface area contributed by atoms with Gasteiger partial charge in [-0.1, -0.05) is 73.7 Å². The Morgan fingerprint density at radius 1 is 1.00 bits per heavy atom. The van der Waals surface area contributed by atoms with E-state index in [0.29, 0.717) is 0 Å². The van der Waals surface area contributed by atoms with Crippen molar-refractivity contribution in [3.8, 4) is 0 Å². The summed E-state index contributed by atoms with van der Waals surface area (Å²) in [6, 6.07) is 18.8. The smallest absolute Gasteiger partial charge is 0.167 e. The zero-order valence-corrected chi connectivity index (χ0v) is 16.5. The molecule has 1 heterocycles. The van der Waals surface area contributed by atoms with Gasteiger partial charge < -0.3 is 0 Å². The Labute approximate surface area is 168 Å². The summed E-state index contributed by atoms with van der Waals surface area (Å²) in [6.45, 7) is 10.8. The number of likely N-dealkylation sites (tertiary alicyclic amines) is 1. The third-order valence-corrected chi connectivity index (χ3v) is 6.40. The number of benzene rings is 2. The maximum Gasteiger partial charge on any atom is 0.167 e. The van der Waals surface area contributed by atoms with E-state index in [1.165, 1.54) is 24.8 Å². The molecule has 1 saturated heterocycles. The van der Waals surface area contributed by atoms with Crippen LogP contribution in [-0.2, 0) is 6.42 Å². The highest BCUT2D eigenvalue weighted by atomic mass is 16.1. The van der Waals surface area contributed by atoms with E-state index < -0.39 is 0 Å². The van der Waals surface area contributed by atoms with Crippen molar-refractivity contribution in [2.45, 2.75) is 31.7 Å². The molecule has 0 bridgehead atoms. The first-order chi connectivity index (χ1) is 13.7. The maximum absolute atomic E-state index is 13.1. The number of hydrogen-bond acceptors (Lipinski definition) is 2. The molecule has 2 aromatic carbocycles. The second-order valence-corrected chi connectivity index (χ2v) is 8.08. The van der Waals surface area contributed by atoms with E-state index in [2.05, 4.69) is 54.5 Å². The van der Waals surface area contributed by atoms with Gasteiger partial charge in [0.1, 0.15) is 0 Å². The standard InChI is InChI=1S/C26H29NO/c1-3-22(24-18-21-14-8-9-15-23(21)26(24)28)19(2)25(20-12-6-4-7-13-20)27-16-10-5-11-17-27/h3-4,6-9,12-15,22,24-25H,1-2,5,10-11,16-18H2. The van der Waals surface area contributed by atoms with Crippen molar-refractivity contribution in [2.75, 3.05) is 13.1 Å². The van der Waals surface area contributed by atoms with E-state index in [1.54, 1.807) is 0 Å². The van der Waals surface area contributed by atoms with Crippen LogP contribution < -0.4 is 0 Å². The van der Waals surface area contributed by atoms with Crippen LogP contribution in [0.25, 0.3) is 0 Å². The second kappa shape index (κ2) is 8.28. The fourth-order valence-corrected chi connectivity index (χ4v) is 4.99. The molecule has 2 aromatic rings. The van der Waals surface area contributed by atoms with Crippen molar-refractivity contribution in [3.63, 3.8) is 0 Å². The van der Waals surface area contributed by atoms with Crippen molar-refractivity contribution in [3.05, 3.63) is 96.1 Å². The van der Waals surface area contributed by atoms with Gasteiger partial charge in [-0.25, -0.2) is 0 Å². The molecule has 0 amide bonds. The van der Waals surface area contributed by atoms with Gasteiger partial charge in [0.15, 0.2) is 5.78 Å². The number of piperidine rings is 1. The third-order valence-electron chi connectivity index (χ3n) is 6.40. The molecule has 2 heteroatoms. The first-order valence-corrected chi connectivity index (χ1v) is 10.4. The lowest BCUT2D eigenvalue weighted by atomic mass is 9.78. The number of nitrogens with zero attached hydrogens (tertiary/aromatic N) is 1. The quantitative estimate of drug-likeness (QED) is 0.614. The van der Waals surface area contributed by atoms with E-state index in [0.717, 1.165) is 36.2 Å². The molecule has 0 saturated carbocycles. The zero-order valence-electron chi connectivity index (χ0n) is 16.5. The summed E-state index contributed by atoms with van der Waals surface area (Å²) in [6.07, 6.45) is 6.49. The molecule has 0 radical (unpaired) electrons. The highest BCUT2D eigenvalue weighted by Crippen LogP contribution is 2.41. The summed E-state index contributed by atoms with van der Waals surface area (Å²) in [5.74, 6) is 0.137. The van der Waals surface area contributed by atoms with Crippen LogP contribution in [0.2, 0.25) is 0 Å². The summed E-state index contributed by atoms with van der Waals surface area (Å²) in [4.78, 5) is 15.7. The fraction of sp³-hybridized carbons (Fsp3) is 0.346. The average Bonchev–Trinajstić information content (AvgIpc) is 3.07. The SMILES string of the molecule is C=CC(C(=C)C(c1ccccc1)N1CCCCC1)C1Cc2ccccc2C1=O.